The first-order valence-electron chi connectivity index (χ1n) is 8.16. The van der Waals surface area contributed by atoms with Crippen molar-refractivity contribution in [3.63, 3.8) is 0 Å². The molecule has 11 heteroatoms. The number of benzene rings is 2. The molecule has 0 spiro atoms. The number of carbonyl (C=O) groups excluding carboxylic acids is 1. The van der Waals surface area contributed by atoms with Crippen LogP contribution in [-0.4, -0.2) is 36.6 Å². The molecule has 8 nitrogen and oxygen atoms in total. The lowest BCUT2D eigenvalue weighted by atomic mass is 10.1. The summed E-state index contributed by atoms with van der Waals surface area (Å²) in [5.41, 5.74) is -0.545. The molecule has 2 aromatic rings. The van der Waals surface area contributed by atoms with Crippen molar-refractivity contribution in [1.29, 1.82) is 0 Å². The van der Waals surface area contributed by atoms with Crippen LogP contribution in [0, 0.1) is 10.1 Å². The van der Waals surface area contributed by atoms with E-state index in [4.69, 9.17) is 23.2 Å². The molecule has 0 aliphatic heterocycles. The molecule has 2 rings (SSSR count). The van der Waals surface area contributed by atoms with Gasteiger partial charge in [0.05, 0.1) is 9.95 Å². The van der Waals surface area contributed by atoms with Crippen molar-refractivity contribution < 1.29 is 18.1 Å². The highest BCUT2D eigenvalue weighted by Crippen LogP contribution is 2.29. The van der Waals surface area contributed by atoms with E-state index in [1.165, 1.54) is 34.6 Å². The van der Waals surface area contributed by atoms with Gasteiger partial charge in [0.2, 0.25) is 10.0 Å². The minimum atomic E-state index is -3.86. The van der Waals surface area contributed by atoms with Gasteiger partial charge >= 0.3 is 0 Å². The Bertz CT molecular complexity index is 1020. The summed E-state index contributed by atoms with van der Waals surface area (Å²) in [7, 11) is -3.86. The number of nitrogens with one attached hydrogen (secondary N) is 1. The number of nitrogens with zero attached hydrogens (tertiary/aromatic N) is 2. The van der Waals surface area contributed by atoms with Crippen LogP contribution in [0.1, 0.15) is 24.2 Å². The van der Waals surface area contributed by atoms with E-state index in [-0.39, 0.29) is 39.3 Å². The molecule has 0 aliphatic carbocycles. The van der Waals surface area contributed by atoms with E-state index in [0.29, 0.717) is 0 Å². The molecule has 1 amide bonds. The van der Waals surface area contributed by atoms with E-state index in [1.807, 2.05) is 0 Å². The molecular formula is C17H17Cl2N3O5S. The average Bonchev–Trinajstić information content (AvgIpc) is 2.63. The molecule has 0 aliphatic rings. The molecule has 0 unspecified atom stereocenters. The van der Waals surface area contributed by atoms with Crippen LogP contribution >= 0.6 is 23.2 Å². The highest BCUT2D eigenvalue weighted by molar-refractivity contribution is 7.89. The van der Waals surface area contributed by atoms with Crippen LogP contribution in [-0.2, 0) is 10.0 Å². The van der Waals surface area contributed by atoms with Gasteiger partial charge in [0.25, 0.3) is 11.6 Å². The van der Waals surface area contributed by atoms with Crippen LogP contribution in [0.2, 0.25) is 10.0 Å². The molecule has 0 saturated heterocycles. The fraction of sp³-hybridized carbons (Fsp3) is 0.235. The Morgan fingerprint density at radius 1 is 1.14 bits per heavy atom. The summed E-state index contributed by atoms with van der Waals surface area (Å²) in [6, 6.07) is 7.60. The third-order valence-electron chi connectivity index (χ3n) is 3.91. The zero-order valence-corrected chi connectivity index (χ0v) is 17.3. The molecular weight excluding hydrogens is 429 g/mol. The first-order valence-corrected chi connectivity index (χ1v) is 10.4. The molecule has 28 heavy (non-hydrogen) atoms. The second-order valence-corrected chi connectivity index (χ2v) is 8.36. The largest absolute Gasteiger partial charge is 0.322 e. The van der Waals surface area contributed by atoms with Crippen molar-refractivity contribution in [2.75, 3.05) is 18.4 Å². The summed E-state index contributed by atoms with van der Waals surface area (Å²) in [6.07, 6.45) is 0. The maximum Gasteiger partial charge on any atom is 0.283 e. The molecule has 0 bridgehead atoms. The van der Waals surface area contributed by atoms with Gasteiger partial charge in [-0.2, -0.15) is 4.31 Å². The van der Waals surface area contributed by atoms with Crippen molar-refractivity contribution >= 4 is 50.5 Å². The molecule has 0 aromatic heterocycles. The first-order chi connectivity index (χ1) is 13.1. The number of sulfonamides is 1. The molecule has 150 valence electrons. The lowest BCUT2D eigenvalue weighted by molar-refractivity contribution is -0.385. The first kappa shape index (κ1) is 22.1. The molecule has 0 atom stereocenters. The van der Waals surface area contributed by atoms with Crippen molar-refractivity contribution in [2.45, 2.75) is 18.7 Å². The summed E-state index contributed by atoms with van der Waals surface area (Å²) in [5.74, 6) is -0.781. The van der Waals surface area contributed by atoms with E-state index in [9.17, 15) is 23.3 Å². The fourth-order valence-electron chi connectivity index (χ4n) is 2.53. The van der Waals surface area contributed by atoms with E-state index in [0.717, 1.165) is 6.07 Å². The van der Waals surface area contributed by atoms with E-state index in [2.05, 4.69) is 5.32 Å². The van der Waals surface area contributed by atoms with Gasteiger partial charge < -0.3 is 5.32 Å². The predicted octanol–water partition coefficient (Wildman–Crippen LogP) is 4.18. The number of amides is 1. The number of hydrogen-bond donors (Lipinski definition) is 1. The van der Waals surface area contributed by atoms with Crippen LogP contribution in [0.3, 0.4) is 0 Å². The Kier molecular flexibility index (Phi) is 7.00. The minimum Gasteiger partial charge on any atom is -0.322 e. The molecule has 0 saturated carbocycles. The second kappa shape index (κ2) is 8.87. The van der Waals surface area contributed by atoms with Crippen molar-refractivity contribution in [1.82, 2.24) is 4.31 Å². The normalized spacial score (nSPS) is 11.5. The number of anilines is 1. The zero-order chi connectivity index (χ0) is 21.1. The van der Waals surface area contributed by atoms with Crippen LogP contribution in [0.4, 0.5) is 11.4 Å². The van der Waals surface area contributed by atoms with E-state index >= 15 is 0 Å². The fourth-order valence-corrected chi connectivity index (χ4v) is 4.65. The van der Waals surface area contributed by atoms with Crippen LogP contribution in [0.15, 0.2) is 41.3 Å². The number of halogens is 2. The van der Waals surface area contributed by atoms with Crippen LogP contribution < -0.4 is 5.32 Å². The molecule has 2 aromatic carbocycles. The summed E-state index contributed by atoms with van der Waals surface area (Å²) in [6.45, 7) is 3.89. The topological polar surface area (TPSA) is 110 Å². The number of hydrogen-bond acceptors (Lipinski definition) is 5. The van der Waals surface area contributed by atoms with Gasteiger partial charge in [-0.15, -0.1) is 0 Å². The van der Waals surface area contributed by atoms with Gasteiger partial charge in [-0.05, 0) is 30.3 Å². The second-order valence-electron chi connectivity index (χ2n) is 5.61. The van der Waals surface area contributed by atoms with Gasteiger partial charge in [0, 0.05) is 29.9 Å². The molecule has 1 N–H and O–H groups in total. The third kappa shape index (κ3) is 4.61. The summed E-state index contributed by atoms with van der Waals surface area (Å²) in [4.78, 5) is 22.8. The maximum atomic E-state index is 12.7. The quantitative estimate of drug-likeness (QED) is 0.507. The average molecular weight is 446 g/mol. The van der Waals surface area contributed by atoms with E-state index in [1.54, 1.807) is 13.8 Å². The van der Waals surface area contributed by atoms with E-state index < -0.39 is 26.5 Å². The number of nitro groups is 1. The Hall–Kier alpha value is -2.20. The third-order valence-corrected chi connectivity index (χ3v) is 6.68. The monoisotopic (exact) mass is 445 g/mol. The predicted molar refractivity (Wildman–Crippen MR) is 108 cm³/mol. The highest BCUT2D eigenvalue weighted by atomic mass is 35.5. The number of carbonyl (C=O) groups is 1. The standard InChI is InChI=1S/C17H17Cl2N3O5S/c1-3-21(4-2)28(26,27)16-10-12(6-8-14(16)19)20-17(23)13-7-5-11(18)9-15(13)22(24)25/h5-10H,3-4H2,1-2H3,(H,20,23). The lowest BCUT2D eigenvalue weighted by Crippen LogP contribution is -2.30. The number of rotatable bonds is 7. The van der Waals surface area contributed by atoms with Crippen LogP contribution in [0.5, 0.6) is 0 Å². The van der Waals surface area contributed by atoms with Gasteiger partial charge in [-0.3, -0.25) is 14.9 Å². The smallest absolute Gasteiger partial charge is 0.283 e. The molecule has 0 fully saturated rings. The lowest BCUT2D eigenvalue weighted by Gasteiger charge is -2.19. The summed E-state index contributed by atoms with van der Waals surface area (Å²) < 4.78 is 26.7. The zero-order valence-electron chi connectivity index (χ0n) is 15.0. The van der Waals surface area contributed by atoms with Crippen LogP contribution in [0.25, 0.3) is 0 Å². The maximum absolute atomic E-state index is 12.7. The SMILES string of the molecule is CCN(CC)S(=O)(=O)c1cc(NC(=O)c2ccc(Cl)cc2[N+](=O)[O-])ccc1Cl. The summed E-state index contributed by atoms with van der Waals surface area (Å²) in [5, 5.41) is 13.7. The Morgan fingerprint density at radius 2 is 1.79 bits per heavy atom. The minimum absolute atomic E-state index is 0.00220. The Morgan fingerprint density at radius 3 is 2.36 bits per heavy atom. The summed E-state index contributed by atoms with van der Waals surface area (Å²) >= 11 is 11.8. The van der Waals surface area contributed by atoms with Gasteiger partial charge in [0.15, 0.2) is 0 Å². The van der Waals surface area contributed by atoms with Gasteiger partial charge in [-0.1, -0.05) is 37.0 Å². The van der Waals surface area contributed by atoms with Crippen molar-refractivity contribution in [3.8, 4) is 0 Å². The van der Waals surface area contributed by atoms with Crippen molar-refractivity contribution in [3.05, 3.63) is 62.1 Å². The Labute approximate surface area is 172 Å². The highest BCUT2D eigenvalue weighted by Gasteiger charge is 2.26. The van der Waals surface area contributed by atoms with Gasteiger partial charge in [-0.25, -0.2) is 8.42 Å². The van der Waals surface area contributed by atoms with Gasteiger partial charge in [0.1, 0.15) is 10.5 Å². The van der Waals surface area contributed by atoms with Crippen molar-refractivity contribution in [2.24, 2.45) is 0 Å². The number of nitro benzene ring substituents is 1. The molecule has 0 heterocycles. The molecule has 0 radical (unpaired) electrons. The Balaban J connectivity index is 2.42.